The Morgan fingerprint density at radius 2 is 2.06 bits per heavy atom. The van der Waals surface area contributed by atoms with Crippen molar-refractivity contribution in [2.45, 2.75) is 25.8 Å². The van der Waals surface area contributed by atoms with E-state index in [1.165, 1.54) is 0 Å². The minimum absolute atomic E-state index is 0.00764. The van der Waals surface area contributed by atoms with Gasteiger partial charge in [-0.25, -0.2) is 0 Å². The van der Waals surface area contributed by atoms with Crippen molar-refractivity contribution in [2.75, 3.05) is 39.9 Å². The lowest BCUT2D eigenvalue weighted by atomic mass is 9.80. The molecule has 100 valence electrons. The van der Waals surface area contributed by atoms with Gasteiger partial charge in [0.05, 0.1) is 6.07 Å². The van der Waals surface area contributed by atoms with Gasteiger partial charge in [0.1, 0.15) is 5.41 Å². The lowest BCUT2D eigenvalue weighted by molar-refractivity contribution is -0.146. The Labute approximate surface area is 108 Å². The second kappa shape index (κ2) is 5.25. The molecule has 0 bridgehead atoms. The Bertz CT molecular complexity index is 358. The first-order valence-electron chi connectivity index (χ1n) is 6.58. The van der Waals surface area contributed by atoms with E-state index in [0.717, 1.165) is 19.6 Å². The summed E-state index contributed by atoms with van der Waals surface area (Å²) in [7, 11) is 2.07. The van der Waals surface area contributed by atoms with Crippen molar-refractivity contribution in [3.63, 3.8) is 0 Å². The van der Waals surface area contributed by atoms with Gasteiger partial charge in [0.25, 0.3) is 0 Å². The summed E-state index contributed by atoms with van der Waals surface area (Å²) in [5.74, 6) is 0.00764. The Morgan fingerprint density at radius 3 is 2.61 bits per heavy atom. The third-order valence-electron chi connectivity index (χ3n) is 4.22. The molecule has 2 aliphatic rings. The summed E-state index contributed by atoms with van der Waals surface area (Å²) in [6.45, 7) is 5.47. The number of carbonyl (C=O) groups is 1. The molecule has 1 atom stereocenters. The molecule has 0 saturated carbocycles. The quantitative estimate of drug-likeness (QED) is 0.680. The molecule has 0 aromatic carbocycles. The first-order valence-corrected chi connectivity index (χ1v) is 6.58. The van der Waals surface area contributed by atoms with Crippen molar-refractivity contribution in [3.05, 3.63) is 0 Å². The molecule has 0 N–H and O–H groups in total. The number of nitrogens with zero attached hydrogens (tertiary/aromatic N) is 3. The Morgan fingerprint density at radius 1 is 1.39 bits per heavy atom. The summed E-state index contributed by atoms with van der Waals surface area (Å²) in [6.07, 6.45) is 1.06. The van der Waals surface area contributed by atoms with Crippen LogP contribution in [0.1, 0.15) is 19.8 Å². The van der Waals surface area contributed by atoms with Gasteiger partial charge in [0.15, 0.2) is 0 Å². The summed E-state index contributed by atoms with van der Waals surface area (Å²) in [5.41, 5.74) is -0.839. The molecule has 5 heteroatoms. The number of hydrogen-bond acceptors (Lipinski definition) is 4. The number of nitriles is 1. The van der Waals surface area contributed by atoms with Crippen molar-refractivity contribution in [1.29, 1.82) is 5.26 Å². The standard InChI is InChI=1S/C13H21N3O2/c1-11-9-16(6-5-15(11)2)12(17)13(10-14)3-7-18-8-4-13/h11H,3-9H2,1-2H3. The fourth-order valence-electron chi connectivity index (χ4n) is 2.63. The predicted octanol–water partition coefficient (Wildman–Crippen LogP) is 0.469. The van der Waals surface area contributed by atoms with E-state index in [1.807, 2.05) is 4.90 Å². The molecule has 2 heterocycles. The van der Waals surface area contributed by atoms with E-state index >= 15 is 0 Å². The maximum Gasteiger partial charge on any atom is 0.243 e. The van der Waals surface area contributed by atoms with E-state index in [0.29, 0.717) is 32.1 Å². The first kappa shape index (κ1) is 13.3. The predicted molar refractivity (Wildman–Crippen MR) is 66.8 cm³/mol. The molecule has 2 saturated heterocycles. The number of ether oxygens (including phenoxy) is 1. The van der Waals surface area contributed by atoms with Gasteiger partial charge in [0, 0.05) is 38.9 Å². The smallest absolute Gasteiger partial charge is 0.243 e. The number of rotatable bonds is 1. The highest BCUT2D eigenvalue weighted by molar-refractivity contribution is 5.85. The normalized spacial score (nSPS) is 28.7. The summed E-state index contributed by atoms with van der Waals surface area (Å²) in [6, 6.07) is 2.62. The van der Waals surface area contributed by atoms with E-state index in [-0.39, 0.29) is 5.91 Å². The van der Waals surface area contributed by atoms with Gasteiger partial charge < -0.3 is 14.5 Å². The van der Waals surface area contributed by atoms with Gasteiger partial charge in [0.2, 0.25) is 5.91 Å². The van der Waals surface area contributed by atoms with Crippen LogP contribution in [0.15, 0.2) is 0 Å². The maximum atomic E-state index is 12.6. The van der Waals surface area contributed by atoms with Gasteiger partial charge in [-0.1, -0.05) is 0 Å². The first-order chi connectivity index (χ1) is 8.59. The average Bonchev–Trinajstić information content (AvgIpc) is 2.42. The molecule has 2 aliphatic heterocycles. The summed E-state index contributed by atoms with van der Waals surface area (Å²) in [5, 5.41) is 9.40. The van der Waals surface area contributed by atoms with E-state index in [2.05, 4.69) is 24.9 Å². The summed E-state index contributed by atoms with van der Waals surface area (Å²) in [4.78, 5) is 16.7. The van der Waals surface area contributed by atoms with Crippen LogP contribution in [-0.2, 0) is 9.53 Å². The van der Waals surface area contributed by atoms with E-state index in [9.17, 15) is 10.1 Å². The van der Waals surface area contributed by atoms with Crippen molar-refractivity contribution >= 4 is 5.91 Å². The molecule has 0 radical (unpaired) electrons. The molecule has 18 heavy (non-hydrogen) atoms. The number of hydrogen-bond donors (Lipinski definition) is 0. The number of carbonyl (C=O) groups excluding carboxylic acids is 1. The van der Waals surface area contributed by atoms with Crippen LogP contribution >= 0.6 is 0 Å². The van der Waals surface area contributed by atoms with Crippen molar-refractivity contribution in [3.8, 4) is 6.07 Å². The second-order valence-corrected chi connectivity index (χ2v) is 5.39. The fourth-order valence-corrected chi connectivity index (χ4v) is 2.63. The topological polar surface area (TPSA) is 56.6 Å². The minimum atomic E-state index is -0.839. The highest BCUT2D eigenvalue weighted by Crippen LogP contribution is 2.32. The van der Waals surface area contributed by atoms with Crippen LogP contribution in [0, 0.1) is 16.7 Å². The Kier molecular flexibility index (Phi) is 3.88. The molecule has 2 fully saturated rings. The number of likely N-dealkylation sites (N-methyl/N-ethyl adjacent to an activating group) is 1. The highest BCUT2D eigenvalue weighted by Gasteiger charge is 2.44. The fraction of sp³-hybridized carbons (Fsp3) is 0.846. The monoisotopic (exact) mass is 251 g/mol. The van der Waals surface area contributed by atoms with Crippen LogP contribution in [0.2, 0.25) is 0 Å². The molecular formula is C13H21N3O2. The molecule has 1 unspecified atom stereocenters. The minimum Gasteiger partial charge on any atom is -0.381 e. The molecule has 5 nitrogen and oxygen atoms in total. The van der Waals surface area contributed by atoms with Gasteiger partial charge in [-0.05, 0) is 26.8 Å². The van der Waals surface area contributed by atoms with E-state index < -0.39 is 5.41 Å². The molecule has 2 rings (SSSR count). The van der Waals surface area contributed by atoms with Crippen molar-refractivity contribution in [2.24, 2.45) is 5.41 Å². The Hall–Kier alpha value is -1.12. The molecule has 0 aromatic heterocycles. The van der Waals surface area contributed by atoms with Crippen molar-refractivity contribution < 1.29 is 9.53 Å². The van der Waals surface area contributed by atoms with Gasteiger partial charge >= 0.3 is 0 Å². The lowest BCUT2D eigenvalue weighted by Gasteiger charge is -2.41. The molecule has 1 amide bonds. The second-order valence-electron chi connectivity index (χ2n) is 5.39. The third-order valence-corrected chi connectivity index (χ3v) is 4.22. The van der Waals surface area contributed by atoms with Crippen LogP contribution in [0.25, 0.3) is 0 Å². The Balaban J connectivity index is 2.08. The zero-order valence-electron chi connectivity index (χ0n) is 11.2. The van der Waals surface area contributed by atoms with Crippen LogP contribution in [-0.4, -0.2) is 61.6 Å². The van der Waals surface area contributed by atoms with Gasteiger partial charge in [-0.2, -0.15) is 5.26 Å². The average molecular weight is 251 g/mol. The molecule has 0 aliphatic carbocycles. The largest absolute Gasteiger partial charge is 0.381 e. The molecular weight excluding hydrogens is 230 g/mol. The van der Waals surface area contributed by atoms with Crippen LogP contribution in [0.5, 0.6) is 0 Å². The third kappa shape index (κ3) is 2.36. The molecule has 0 aromatic rings. The summed E-state index contributed by atoms with van der Waals surface area (Å²) >= 11 is 0. The maximum absolute atomic E-state index is 12.6. The van der Waals surface area contributed by atoms with Gasteiger partial charge in [-0.3, -0.25) is 4.79 Å². The van der Waals surface area contributed by atoms with Crippen LogP contribution < -0.4 is 0 Å². The zero-order chi connectivity index (χ0) is 13.2. The SMILES string of the molecule is CC1CN(C(=O)C2(C#N)CCOCC2)CCN1C. The van der Waals surface area contributed by atoms with E-state index in [1.54, 1.807) is 0 Å². The van der Waals surface area contributed by atoms with Crippen LogP contribution in [0.3, 0.4) is 0 Å². The lowest BCUT2D eigenvalue weighted by Crippen LogP contribution is -2.56. The molecule has 0 spiro atoms. The zero-order valence-corrected chi connectivity index (χ0v) is 11.2. The van der Waals surface area contributed by atoms with E-state index in [4.69, 9.17) is 4.74 Å². The number of amides is 1. The summed E-state index contributed by atoms with van der Waals surface area (Å²) < 4.78 is 5.27. The van der Waals surface area contributed by atoms with Crippen molar-refractivity contribution in [1.82, 2.24) is 9.80 Å². The highest BCUT2D eigenvalue weighted by atomic mass is 16.5. The van der Waals surface area contributed by atoms with Gasteiger partial charge in [-0.15, -0.1) is 0 Å². The van der Waals surface area contributed by atoms with Crippen LogP contribution in [0.4, 0.5) is 0 Å². The number of piperazine rings is 1.